The Morgan fingerprint density at radius 3 is 2.83 bits per heavy atom. The largest absolute Gasteiger partial charge is 0.465 e. The number of nitrogens with zero attached hydrogens (tertiary/aromatic N) is 3. The number of nitrogens with one attached hydrogen (secondary N) is 1. The quantitative estimate of drug-likeness (QED) is 0.770. The van der Waals surface area contributed by atoms with Crippen molar-refractivity contribution in [3.63, 3.8) is 0 Å². The molecule has 1 heterocycles. The highest BCUT2D eigenvalue weighted by Crippen LogP contribution is 2.17. The fraction of sp³-hybridized carbons (Fsp3) is 0.308. The maximum atomic E-state index is 13.9. The van der Waals surface area contributed by atoms with Crippen LogP contribution in [-0.4, -0.2) is 42.3 Å². The third kappa shape index (κ3) is 4.11. The minimum absolute atomic E-state index is 0.0572. The molecule has 8 nitrogen and oxygen atoms in total. The van der Waals surface area contributed by atoms with E-state index in [0.717, 1.165) is 25.3 Å². The first kappa shape index (κ1) is 17.0. The van der Waals surface area contributed by atoms with Gasteiger partial charge in [-0.3, -0.25) is 4.68 Å². The van der Waals surface area contributed by atoms with Crippen LogP contribution in [0.15, 0.2) is 35.7 Å². The third-order valence-corrected chi connectivity index (χ3v) is 4.53. The normalized spacial score (nSPS) is 12.8. The molecule has 0 saturated carbocycles. The molecule has 0 fully saturated rings. The van der Waals surface area contributed by atoms with Gasteiger partial charge < -0.3 is 4.74 Å². The summed E-state index contributed by atoms with van der Waals surface area (Å²) in [4.78, 5) is 14.6. The van der Waals surface area contributed by atoms with Crippen molar-refractivity contribution in [2.24, 2.45) is 0 Å². The van der Waals surface area contributed by atoms with E-state index in [1.807, 2.05) is 0 Å². The van der Waals surface area contributed by atoms with Crippen LogP contribution in [0, 0.1) is 5.82 Å². The number of rotatable bonds is 6. The Balaban J connectivity index is 2.23. The predicted molar refractivity (Wildman–Crippen MR) is 77.5 cm³/mol. The van der Waals surface area contributed by atoms with Crippen molar-refractivity contribution in [1.29, 1.82) is 0 Å². The molecule has 0 spiro atoms. The molecule has 1 N–H and O–H groups in total. The smallest absolute Gasteiger partial charge is 0.337 e. The molecule has 124 valence electrons. The van der Waals surface area contributed by atoms with E-state index in [-0.39, 0.29) is 12.1 Å². The molecule has 1 aromatic heterocycles. The molecule has 10 heteroatoms. The predicted octanol–water partition coefficient (Wildman–Crippen LogP) is 0.571. The van der Waals surface area contributed by atoms with Crippen molar-refractivity contribution < 1.29 is 22.3 Å². The topological polar surface area (TPSA) is 103 Å². The van der Waals surface area contributed by atoms with Gasteiger partial charge in [-0.15, -0.1) is 0 Å². The number of carbonyl (C=O) groups excluding carboxylic acids is 1. The highest BCUT2D eigenvalue weighted by Gasteiger charge is 2.23. The Kier molecular flexibility index (Phi) is 5.06. The fourth-order valence-corrected chi connectivity index (χ4v) is 3.27. The second kappa shape index (κ2) is 6.84. The van der Waals surface area contributed by atoms with Gasteiger partial charge in [0.25, 0.3) is 0 Å². The molecule has 2 aromatic rings. The van der Waals surface area contributed by atoms with Crippen LogP contribution >= 0.6 is 0 Å². The minimum Gasteiger partial charge on any atom is -0.465 e. The van der Waals surface area contributed by atoms with Crippen molar-refractivity contribution in [3.05, 3.63) is 42.2 Å². The molecule has 2 rings (SSSR count). The van der Waals surface area contributed by atoms with Gasteiger partial charge in [0.05, 0.1) is 19.2 Å². The Bertz CT molecular complexity index is 792. The van der Waals surface area contributed by atoms with Crippen LogP contribution < -0.4 is 4.72 Å². The van der Waals surface area contributed by atoms with Crippen molar-refractivity contribution >= 4 is 16.0 Å². The summed E-state index contributed by atoms with van der Waals surface area (Å²) < 4.78 is 46.7. The van der Waals surface area contributed by atoms with Gasteiger partial charge in [0, 0.05) is 6.04 Å². The Morgan fingerprint density at radius 2 is 2.22 bits per heavy atom. The maximum Gasteiger partial charge on any atom is 0.337 e. The summed E-state index contributed by atoms with van der Waals surface area (Å²) in [5.74, 6) is -1.71. The number of hydrogen-bond acceptors (Lipinski definition) is 6. The van der Waals surface area contributed by atoms with Gasteiger partial charge in [-0.2, -0.15) is 5.10 Å². The van der Waals surface area contributed by atoms with E-state index in [1.165, 1.54) is 17.3 Å². The van der Waals surface area contributed by atoms with Gasteiger partial charge in [0.2, 0.25) is 10.0 Å². The molecule has 0 radical (unpaired) electrons. The lowest BCUT2D eigenvalue weighted by Crippen LogP contribution is -2.36. The summed E-state index contributed by atoms with van der Waals surface area (Å²) in [7, 11) is -3.00. The molecular weight excluding hydrogens is 327 g/mol. The summed E-state index contributed by atoms with van der Waals surface area (Å²) in [6, 6.07) is 2.43. The highest BCUT2D eigenvalue weighted by molar-refractivity contribution is 7.89. The summed E-state index contributed by atoms with van der Waals surface area (Å²) in [5, 5.41) is 3.86. The van der Waals surface area contributed by atoms with Crippen LogP contribution in [0.25, 0.3) is 0 Å². The summed E-state index contributed by atoms with van der Waals surface area (Å²) in [6.45, 7) is 1.82. The fourth-order valence-electron chi connectivity index (χ4n) is 1.93. The van der Waals surface area contributed by atoms with E-state index >= 15 is 0 Å². The van der Waals surface area contributed by atoms with Crippen LogP contribution in [0.1, 0.15) is 17.3 Å². The SMILES string of the molecule is COC(=O)c1ccc(F)c(S(=O)(=O)N[C@@H](C)Cn2cncn2)c1. The number of halogens is 1. The zero-order valence-electron chi connectivity index (χ0n) is 12.4. The second-order valence-electron chi connectivity index (χ2n) is 4.78. The van der Waals surface area contributed by atoms with Crippen LogP contribution in [0.4, 0.5) is 4.39 Å². The van der Waals surface area contributed by atoms with Crippen molar-refractivity contribution in [2.45, 2.75) is 24.4 Å². The van der Waals surface area contributed by atoms with E-state index in [1.54, 1.807) is 6.92 Å². The van der Waals surface area contributed by atoms with Crippen LogP contribution in [0.3, 0.4) is 0 Å². The lowest BCUT2D eigenvalue weighted by molar-refractivity contribution is 0.0600. The van der Waals surface area contributed by atoms with Gasteiger partial charge >= 0.3 is 5.97 Å². The average Bonchev–Trinajstić information content (AvgIpc) is 2.98. The number of hydrogen-bond donors (Lipinski definition) is 1. The van der Waals surface area contributed by atoms with Crippen molar-refractivity contribution in [2.75, 3.05) is 7.11 Å². The van der Waals surface area contributed by atoms with Crippen LogP contribution in [0.2, 0.25) is 0 Å². The third-order valence-electron chi connectivity index (χ3n) is 2.93. The average molecular weight is 342 g/mol. The summed E-state index contributed by atoms with van der Waals surface area (Å²) >= 11 is 0. The van der Waals surface area contributed by atoms with Crippen molar-refractivity contribution in [1.82, 2.24) is 19.5 Å². The molecule has 0 aliphatic carbocycles. The van der Waals surface area contributed by atoms with Gasteiger partial charge in [0.1, 0.15) is 23.4 Å². The zero-order chi connectivity index (χ0) is 17.0. The first-order chi connectivity index (χ1) is 10.8. The van der Waals surface area contributed by atoms with Crippen LogP contribution in [-0.2, 0) is 21.3 Å². The number of esters is 1. The number of sulfonamides is 1. The van der Waals surface area contributed by atoms with Crippen molar-refractivity contribution in [3.8, 4) is 0 Å². The Hall–Kier alpha value is -2.33. The molecule has 0 aliphatic rings. The lowest BCUT2D eigenvalue weighted by atomic mass is 10.2. The Morgan fingerprint density at radius 1 is 1.48 bits per heavy atom. The van der Waals surface area contributed by atoms with E-state index in [0.29, 0.717) is 0 Å². The van der Waals surface area contributed by atoms with E-state index in [2.05, 4.69) is 19.5 Å². The molecule has 1 atom stereocenters. The summed E-state index contributed by atoms with van der Waals surface area (Å²) in [6.07, 6.45) is 2.75. The Labute approximate surface area is 132 Å². The van der Waals surface area contributed by atoms with Gasteiger partial charge in [0.15, 0.2) is 0 Å². The molecule has 0 saturated heterocycles. The molecule has 1 aromatic carbocycles. The van der Waals surface area contributed by atoms with Gasteiger partial charge in [-0.05, 0) is 25.1 Å². The number of ether oxygens (including phenoxy) is 1. The van der Waals surface area contributed by atoms with E-state index in [9.17, 15) is 17.6 Å². The molecule has 0 unspecified atom stereocenters. The standard InChI is InChI=1S/C13H15FN4O4S/c1-9(6-18-8-15-7-16-18)17-23(20,21)12-5-10(13(19)22-2)3-4-11(12)14/h3-5,7-9,17H,6H2,1-2H3/t9-/m0/s1. The zero-order valence-corrected chi connectivity index (χ0v) is 13.2. The first-order valence-electron chi connectivity index (χ1n) is 6.56. The number of methoxy groups -OCH3 is 1. The maximum absolute atomic E-state index is 13.9. The number of benzene rings is 1. The van der Waals surface area contributed by atoms with E-state index < -0.39 is 32.7 Å². The van der Waals surface area contributed by atoms with Crippen LogP contribution in [0.5, 0.6) is 0 Å². The molecule has 23 heavy (non-hydrogen) atoms. The minimum atomic E-state index is -4.15. The molecule has 0 aliphatic heterocycles. The number of aromatic nitrogens is 3. The monoisotopic (exact) mass is 342 g/mol. The summed E-state index contributed by atoms with van der Waals surface area (Å²) in [5.41, 5.74) is -0.0572. The van der Waals surface area contributed by atoms with Gasteiger partial charge in [-0.25, -0.2) is 27.3 Å². The van der Waals surface area contributed by atoms with E-state index in [4.69, 9.17) is 0 Å². The first-order valence-corrected chi connectivity index (χ1v) is 8.04. The second-order valence-corrected chi connectivity index (χ2v) is 6.46. The number of carbonyl (C=O) groups is 1. The molecular formula is C13H15FN4O4S. The molecule has 0 amide bonds. The van der Waals surface area contributed by atoms with Gasteiger partial charge in [-0.1, -0.05) is 0 Å². The molecule has 0 bridgehead atoms. The highest BCUT2D eigenvalue weighted by atomic mass is 32.2. The lowest BCUT2D eigenvalue weighted by Gasteiger charge is -2.15.